The van der Waals surface area contributed by atoms with Crippen LogP contribution in [0.2, 0.25) is 10.0 Å². The molecule has 4 nitrogen and oxygen atoms in total. The van der Waals surface area contributed by atoms with Gasteiger partial charge in [-0.05, 0) is 36.4 Å². The number of rotatable bonds is 3. The van der Waals surface area contributed by atoms with E-state index in [-0.39, 0.29) is 11.5 Å². The number of hydrogen-bond acceptors (Lipinski definition) is 4. The maximum absolute atomic E-state index is 9.57. The van der Waals surface area contributed by atoms with Gasteiger partial charge in [-0.15, -0.1) is 0 Å². The lowest BCUT2D eigenvalue weighted by molar-refractivity contribution is 0.474. The number of nitrogens with zero attached hydrogens (tertiary/aromatic N) is 2. The highest BCUT2D eigenvalue weighted by Gasteiger charge is 1.99. The molecule has 0 amide bonds. The normalized spacial score (nSPS) is 11.5. The minimum absolute atomic E-state index is 0.0546. The molecule has 0 spiro atoms. The highest BCUT2D eigenvalue weighted by atomic mass is 35.5. The lowest BCUT2D eigenvalue weighted by Gasteiger charge is -1.98. The summed E-state index contributed by atoms with van der Waals surface area (Å²) in [5, 5.41) is 27.7. The van der Waals surface area contributed by atoms with Crippen LogP contribution in [0.5, 0.6) is 11.5 Å². The fourth-order valence-electron chi connectivity index (χ4n) is 1.45. The summed E-state index contributed by atoms with van der Waals surface area (Å²) >= 11 is 11.6. The summed E-state index contributed by atoms with van der Waals surface area (Å²) in [7, 11) is 0. The zero-order chi connectivity index (χ0) is 14.5. The van der Waals surface area contributed by atoms with Crippen LogP contribution in [0, 0.1) is 0 Å². The van der Waals surface area contributed by atoms with Crippen LogP contribution in [-0.4, -0.2) is 22.6 Å². The topological polar surface area (TPSA) is 65.2 Å². The van der Waals surface area contributed by atoms with E-state index in [1.807, 2.05) is 0 Å². The summed E-state index contributed by atoms with van der Waals surface area (Å²) in [5.74, 6) is 0.109. The molecule has 0 aliphatic heterocycles. The van der Waals surface area contributed by atoms with Crippen LogP contribution in [0.15, 0.2) is 46.6 Å². The Morgan fingerprint density at radius 1 is 0.750 bits per heavy atom. The minimum Gasteiger partial charge on any atom is -0.507 e. The first-order valence-electron chi connectivity index (χ1n) is 5.59. The molecule has 0 aromatic heterocycles. The Labute approximate surface area is 125 Å². The second-order valence-electron chi connectivity index (χ2n) is 3.90. The molecule has 0 atom stereocenters. The molecule has 0 aliphatic rings. The Morgan fingerprint density at radius 2 is 1.15 bits per heavy atom. The number of phenolic OH excluding ortho intramolecular Hbond substituents is 2. The molecule has 20 heavy (non-hydrogen) atoms. The predicted molar refractivity (Wildman–Crippen MR) is 81.4 cm³/mol. The van der Waals surface area contributed by atoms with Crippen molar-refractivity contribution in [3.05, 3.63) is 57.6 Å². The van der Waals surface area contributed by atoms with Crippen molar-refractivity contribution in [1.29, 1.82) is 0 Å². The Balaban J connectivity index is 2.15. The first-order valence-corrected chi connectivity index (χ1v) is 6.35. The number of hydrogen-bond donors (Lipinski definition) is 2. The third-order valence-corrected chi connectivity index (χ3v) is 2.91. The molecule has 2 aromatic carbocycles. The lowest BCUT2D eigenvalue weighted by atomic mass is 10.2. The van der Waals surface area contributed by atoms with E-state index in [0.717, 1.165) is 0 Å². The van der Waals surface area contributed by atoms with E-state index in [1.165, 1.54) is 24.6 Å². The lowest BCUT2D eigenvalue weighted by Crippen LogP contribution is -1.84. The van der Waals surface area contributed by atoms with E-state index in [1.54, 1.807) is 24.3 Å². The van der Waals surface area contributed by atoms with E-state index in [0.29, 0.717) is 21.2 Å². The van der Waals surface area contributed by atoms with Crippen molar-refractivity contribution < 1.29 is 10.2 Å². The maximum Gasteiger partial charge on any atom is 0.124 e. The predicted octanol–water partition coefficient (Wildman–Crippen LogP) is 3.86. The second-order valence-corrected chi connectivity index (χ2v) is 4.77. The third-order valence-electron chi connectivity index (χ3n) is 2.44. The molecule has 6 heteroatoms. The fraction of sp³-hybridized carbons (Fsp3) is 0. The molecule has 0 bridgehead atoms. The highest BCUT2D eigenvalue weighted by molar-refractivity contribution is 6.31. The quantitative estimate of drug-likeness (QED) is 0.668. The van der Waals surface area contributed by atoms with Crippen molar-refractivity contribution in [2.45, 2.75) is 0 Å². The Hall–Kier alpha value is -2.04. The Bertz CT molecular complexity index is 625. The number of halogens is 2. The van der Waals surface area contributed by atoms with E-state index in [2.05, 4.69) is 10.2 Å². The van der Waals surface area contributed by atoms with Gasteiger partial charge in [-0.25, -0.2) is 0 Å². The van der Waals surface area contributed by atoms with Gasteiger partial charge >= 0.3 is 0 Å². The van der Waals surface area contributed by atoms with Crippen LogP contribution in [-0.2, 0) is 0 Å². The van der Waals surface area contributed by atoms with Crippen molar-refractivity contribution in [3.8, 4) is 11.5 Å². The standard InChI is InChI=1S/C14H10Cl2N2O2/c15-11-1-3-13(19)9(5-11)7-17-18-8-10-6-12(16)2-4-14(10)20/h1-8,19-20H. The van der Waals surface area contributed by atoms with Gasteiger partial charge in [-0.1, -0.05) is 23.2 Å². The van der Waals surface area contributed by atoms with E-state index in [9.17, 15) is 10.2 Å². The van der Waals surface area contributed by atoms with Crippen molar-refractivity contribution in [2.75, 3.05) is 0 Å². The third kappa shape index (κ3) is 3.73. The molecule has 0 fully saturated rings. The van der Waals surface area contributed by atoms with Gasteiger partial charge < -0.3 is 10.2 Å². The van der Waals surface area contributed by atoms with Crippen molar-refractivity contribution in [1.82, 2.24) is 0 Å². The summed E-state index contributed by atoms with van der Waals surface area (Å²) in [6.45, 7) is 0. The van der Waals surface area contributed by atoms with Crippen LogP contribution in [0.25, 0.3) is 0 Å². The molecular weight excluding hydrogens is 299 g/mol. The zero-order valence-electron chi connectivity index (χ0n) is 10.2. The molecule has 2 aromatic rings. The van der Waals surface area contributed by atoms with Crippen molar-refractivity contribution in [2.24, 2.45) is 10.2 Å². The zero-order valence-corrected chi connectivity index (χ0v) is 11.7. The average Bonchev–Trinajstić information content (AvgIpc) is 2.42. The Morgan fingerprint density at radius 3 is 1.55 bits per heavy atom. The van der Waals surface area contributed by atoms with Gasteiger partial charge in [0.15, 0.2) is 0 Å². The molecule has 2 rings (SSSR count). The summed E-state index contributed by atoms with van der Waals surface area (Å²) in [6, 6.07) is 9.20. The monoisotopic (exact) mass is 308 g/mol. The maximum atomic E-state index is 9.57. The van der Waals surface area contributed by atoms with E-state index < -0.39 is 0 Å². The molecule has 0 saturated heterocycles. The SMILES string of the molecule is Oc1ccc(Cl)cc1C=NN=Cc1cc(Cl)ccc1O. The average molecular weight is 309 g/mol. The molecule has 0 saturated carbocycles. The summed E-state index contributed by atoms with van der Waals surface area (Å²) in [4.78, 5) is 0. The van der Waals surface area contributed by atoms with Gasteiger partial charge in [0, 0.05) is 21.2 Å². The molecule has 0 radical (unpaired) electrons. The van der Waals surface area contributed by atoms with Crippen LogP contribution < -0.4 is 0 Å². The van der Waals surface area contributed by atoms with E-state index in [4.69, 9.17) is 23.2 Å². The summed E-state index contributed by atoms with van der Waals surface area (Å²) in [5.41, 5.74) is 0.898. The van der Waals surface area contributed by atoms with Crippen molar-refractivity contribution >= 4 is 35.6 Å². The molecule has 2 N–H and O–H groups in total. The van der Waals surface area contributed by atoms with Crippen LogP contribution >= 0.6 is 23.2 Å². The van der Waals surface area contributed by atoms with Crippen molar-refractivity contribution in [3.63, 3.8) is 0 Å². The molecule has 0 unspecified atom stereocenters. The Kier molecular flexibility index (Phi) is 4.61. The van der Waals surface area contributed by atoms with Crippen LogP contribution in [0.3, 0.4) is 0 Å². The summed E-state index contributed by atoms with van der Waals surface area (Å²) in [6.07, 6.45) is 2.72. The second kappa shape index (κ2) is 6.41. The molecule has 0 aliphatic carbocycles. The fourth-order valence-corrected chi connectivity index (χ4v) is 1.81. The van der Waals surface area contributed by atoms with Gasteiger partial charge in [0.1, 0.15) is 11.5 Å². The molecule has 102 valence electrons. The minimum atomic E-state index is 0.0546. The molecule has 0 heterocycles. The van der Waals surface area contributed by atoms with Gasteiger partial charge in [0.05, 0.1) is 12.4 Å². The first-order chi connectivity index (χ1) is 9.56. The number of aromatic hydroxyl groups is 2. The number of phenols is 2. The number of benzene rings is 2. The van der Waals surface area contributed by atoms with Gasteiger partial charge in [-0.3, -0.25) is 0 Å². The van der Waals surface area contributed by atoms with Gasteiger partial charge in [-0.2, -0.15) is 10.2 Å². The molecular formula is C14H10Cl2N2O2. The van der Waals surface area contributed by atoms with Crippen LogP contribution in [0.4, 0.5) is 0 Å². The van der Waals surface area contributed by atoms with E-state index >= 15 is 0 Å². The summed E-state index contributed by atoms with van der Waals surface area (Å²) < 4.78 is 0. The van der Waals surface area contributed by atoms with Gasteiger partial charge in [0.2, 0.25) is 0 Å². The highest BCUT2D eigenvalue weighted by Crippen LogP contribution is 2.20. The first kappa shape index (κ1) is 14.4. The smallest absolute Gasteiger partial charge is 0.124 e. The van der Waals surface area contributed by atoms with Crippen LogP contribution in [0.1, 0.15) is 11.1 Å². The largest absolute Gasteiger partial charge is 0.507 e. The van der Waals surface area contributed by atoms with Gasteiger partial charge in [0.25, 0.3) is 0 Å².